The number of carbonyl (C=O) groups excluding carboxylic acids is 4. The zero-order chi connectivity index (χ0) is 24.5. The van der Waals surface area contributed by atoms with E-state index in [4.69, 9.17) is 4.74 Å². The van der Waals surface area contributed by atoms with Crippen molar-refractivity contribution in [3.8, 4) is 0 Å². The zero-order valence-electron chi connectivity index (χ0n) is 20.2. The Labute approximate surface area is 200 Å². The second-order valence-electron chi connectivity index (χ2n) is 10.0. The van der Waals surface area contributed by atoms with Crippen LogP contribution in [-0.2, 0) is 20.9 Å². The lowest BCUT2D eigenvalue weighted by molar-refractivity contribution is -0.146. The van der Waals surface area contributed by atoms with Gasteiger partial charge in [-0.3, -0.25) is 14.4 Å². The van der Waals surface area contributed by atoms with E-state index in [0.29, 0.717) is 25.2 Å². The number of rotatable bonds is 7. The molecule has 1 aliphatic carbocycles. The number of anilines is 1. The molecule has 1 aromatic rings. The van der Waals surface area contributed by atoms with Gasteiger partial charge in [-0.05, 0) is 61.8 Å². The van der Waals surface area contributed by atoms with E-state index < -0.39 is 6.23 Å². The molecule has 4 amide bonds. The van der Waals surface area contributed by atoms with Crippen LogP contribution >= 0.6 is 0 Å². The molecular weight excluding hydrogens is 436 g/mol. The van der Waals surface area contributed by atoms with Gasteiger partial charge in [-0.15, -0.1) is 0 Å². The molecule has 3 aliphatic rings. The van der Waals surface area contributed by atoms with Gasteiger partial charge in [-0.2, -0.15) is 0 Å². The topological polar surface area (TPSA) is 108 Å². The molecule has 2 heterocycles. The molecule has 0 aromatic heterocycles. The first-order valence-corrected chi connectivity index (χ1v) is 12.1. The Morgan fingerprint density at radius 2 is 2.12 bits per heavy atom. The highest BCUT2D eigenvalue weighted by atomic mass is 16.5. The van der Waals surface area contributed by atoms with Crippen molar-refractivity contribution in [3.05, 3.63) is 29.3 Å². The molecule has 0 bridgehead atoms. The number of Topliss-reactive ketones (excluding diaryl/α,β-unsaturated/α-hetero) is 1. The largest absolute Gasteiger partial charge is 0.352 e. The van der Waals surface area contributed by atoms with Gasteiger partial charge in [-0.25, -0.2) is 4.79 Å². The van der Waals surface area contributed by atoms with Crippen molar-refractivity contribution in [2.24, 2.45) is 11.3 Å². The summed E-state index contributed by atoms with van der Waals surface area (Å²) in [5.41, 5.74) is 2.19. The number of fused-ring (bicyclic) bond motifs is 1. The van der Waals surface area contributed by atoms with E-state index in [-0.39, 0.29) is 48.0 Å². The normalized spacial score (nSPS) is 26.3. The number of nitrogens with zero attached hydrogens (tertiary/aromatic N) is 2. The van der Waals surface area contributed by atoms with Gasteiger partial charge in [0.25, 0.3) is 5.91 Å². The number of ketones is 1. The fourth-order valence-corrected chi connectivity index (χ4v) is 5.30. The zero-order valence-corrected chi connectivity index (χ0v) is 20.2. The average molecular weight is 471 g/mol. The van der Waals surface area contributed by atoms with Crippen molar-refractivity contribution in [3.63, 3.8) is 0 Å². The third-order valence-corrected chi connectivity index (χ3v) is 7.37. The van der Waals surface area contributed by atoms with Crippen LogP contribution in [0.3, 0.4) is 0 Å². The van der Waals surface area contributed by atoms with E-state index in [9.17, 15) is 19.2 Å². The number of hydrogen-bond donors (Lipinski definition) is 2. The molecule has 34 heavy (non-hydrogen) atoms. The average Bonchev–Trinajstić information content (AvgIpc) is 3.40. The molecular formula is C25H34N4O5. The molecule has 2 aliphatic heterocycles. The maximum atomic E-state index is 13.1. The fraction of sp³-hybridized carbons (Fsp3) is 0.600. The smallest absolute Gasteiger partial charge is 0.321 e. The molecule has 3 atom stereocenters. The Morgan fingerprint density at radius 1 is 1.32 bits per heavy atom. The van der Waals surface area contributed by atoms with Crippen LogP contribution in [0.15, 0.2) is 18.2 Å². The number of amides is 4. The van der Waals surface area contributed by atoms with Crippen molar-refractivity contribution < 1.29 is 23.9 Å². The van der Waals surface area contributed by atoms with Crippen LogP contribution < -0.4 is 10.6 Å². The molecule has 2 fully saturated rings. The number of nitrogens with one attached hydrogen (secondary N) is 2. The van der Waals surface area contributed by atoms with E-state index in [1.807, 2.05) is 13.0 Å². The second-order valence-corrected chi connectivity index (χ2v) is 10.0. The predicted octanol–water partition coefficient (Wildman–Crippen LogP) is 2.75. The first-order valence-electron chi connectivity index (χ1n) is 12.1. The lowest BCUT2D eigenvalue weighted by Crippen LogP contribution is -2.43. The number of benzene rings is 1. The van der Waals surface area contributed by atoms with Crippen molar-refractivity contribution in [1.82, 2.24) is 15.1 Å². The fourth-order valence-electron chi connectivity index (χ4n) is 5.30. The molecule has 1 saturated carbocycles. The van der Waals surface area contributed by atoms with Gasteiger partial charge < -0.3 is 25.2 Å². The van der Waals surface area contributed by atoms with Gasteiger partial charge in [0, 0.05) is 43.9 Å². The van der Waals surface area contributed by atoms with Gasteiger partial charge in [0.05, 0.1) is 6.42 Å². The molecule has 1 saturated heterocycles. The summed E-state index contributed by atoms with van der Waals surface area (Å²) in [6, 6.07) is 5.16. The number of hydrogen-bond acceptors (Lipinski definition) is 5. The van der Waals surface area contributed by atoms with Crippen molar-refractivity contribution in [2.75, 3.05) is 32.1 Å². The van der Waals surface area contributed by atoms with E-state index in [1.165, 1.54) is 0 Å². The molecule has 0 unspecified atom stereocenters. The van der Waals surface area contributed by atoms with Gasteiger partial charge in [0.15, 0.2) is 5.78 Å². The Balaban J connectivity index is 1.28. The summed E-state index contributed by atoms with van der Waals surface area (Å²) in [4.78, 5) is 52.5. The monoisotopic (exact) mass is 470 g/mol. The van der Waals surface area contributed by atoms with Crippen molar-refractivity contribution in [1.29, 1.82) is 0 Å². The minimum atomic E-state index is -0.430. The first-order chi connectivity index (χ1) is 16.2. The van der Waals surface area contributed by atoms with Gasteiger partial charge in [-0.1, -0.05) is 6.92 Å². The van der Waals surface area contributed by atoms with Crippen LogP contribution in [0, 0.1) is 11.3 Å². The summed E-state index contributed by atoms with van der Waals surface area (Å²) in [5, 5.41) is 5.82. The second kappa shape index (κ2) is 9.74. The SMILES string of the molecule is CCN(C(=O)[C@H]1CC[C@](C)(CCNC(=O)c2ccc3c(c2)CN(C)C(=O)N3)C1)[C@@H]1CC(=O)CO1. The predicted molar refractivity (Wildman–Crippen MR) is 126 cm³/mol. The maximum absolute atomic E-state index is 13.1. The number of ether oxygens (including phenoxy) is 1. The third-order valence-electron chi connectivity index (χ3n) is 7.37. The third kappa shape index (κ3) is 5.09. The maximum Gasteiger partial charge on any atom is 0.321 e. The Morgan fingerprint density at radius 3 is 2.82 bits per heavy atom. The minimum absolute atomic E-state index is 0.0256. The minimum Gasteiger partial charge on any atom is -0.352 e. The van der Waals surface area contributed by atoms with Crippen LogP contribution in [0.1, 0.15) is 61.9 Å². The molecule has 9 heteroatoms. The highest BCUT2D eigenvalue weighted by Gasteiger charge is 2.41. The molecule has 184 valence electrons. The van der Waals surface area contributed by atoms with Crippen LogP contribution in [0.5, 0.6) is 0 Å². The van der Waals surface area contributed by atoms with Crippen LogP contribution in [0.25, 0.3) is 0 Å². The van der Waals surface area contributed by atoms with Crippen LogP contribution in [0.4, 0.5) is 10.5 Å². The Kier molecular flexibility index (Phi) is 6.93. The van der Waals surface area contributed by atoms with Crippen LogP contribution in [0.2, 0.25) is 0 Å². The lowest BCUT2D eigenvalue weighted by atomic mass is 9.84. The quantitative estimate of drug-likeness (QED) is 0.637. The molecule has 0 radical (unpaired) electrons. The van der Waals surface area contributed by atoms with Gasteiger partial charge in [0.1, 0.15) is 12.8 Å². The highest BCUT2D eigenvalue weighted by Crippen LogP contribution is 2.44. The van der Waals surface area contributed by atoms with Crippen molar-refractivity contribution in [2.45, 2.75) is 58.7 Å². The summed E-state index contributed by atoms with van der Waals surface area (Å²) < 4.78 is 5.51. The summed E-state index contributed by atoms with van der Waals surface area (Å²) in [6.45, 7) is 5.70. The van der Waals surface area contributed by atoms with Crippen molar-refractivity contribution >= 4 is 29.3 Å². The van der Waals surface area contributed by atoms with E-state index in [1.54, 1.807) is 29.0 Å². The molecule has 4 rings (SSSR count). The summed E-state index contributed by atoms with van der Waals surface area (Å²) in [5.74, 6) is -0.107. The molecule has 9 nitrogen and oxygen atoms in total. The van der Waals surface area contributed by atoms with E-state index >= 15 is 0 Å². The van der Waals surface area contributed by atoms with Crippen LogP contribution in [-0.4, -0.2) is 66.4 Å². The Hall–Kier alpha value is -2.94. The number of urea groups is 1. The summed E-state index contributed by atoms with van der Waals surface area (Å²) in [7, 11) is 1.71. The lowest BCUT2D eigenvalue weighted by Gasteiger charge is -2.30. The van der Waals surface area contributed by atoms with E-state index in [2.05, 4.69) is 17.6 Å². The molecule has 0 spiro atoms. The number of carbonyl (C=O) groups is 4. The molecule has 1 aromatic carbocycles. The standard InChI is InChI=1S/C25H34N4O5/c1-4-29(21-12-19(30)15-34-21)23(32)17-7-8-25(2,13-17)9-10-26-22(31)16-5-6-20-18(11-16)14-28(3)24(33)27-20/h5-6,11,17,21H,4,7-10,12-15H2,1-3H3,(H,26,31)(H,27,33)/t17-,21-,25+/m0/s1. The Bertz CT molecular complexity index is 996. The van der Waals surface area contributed by atoms with Gasteiger partial charge in [0.2, 0.25) is 5.91 Å². The summed E-state index contributed by atoms with van der Waals surface area (Å²) in [6.07, 6.45) is 3.14. The van der Waals surface area contributed by atoms with Gasteiger partial charge >= 0.3 is 6.03 Å². The molecule has 2 N–H and O–H groups in total. The summed E-state index contributed by atoms with van der Waals surface area (Å²) >= 11 is 0. The van der Waals surface area contributed by atoms with E-state index in [0.717, 1.165) is 36.9 Å². The first kappa shape index (κ1) is 24.2. The highest BCUT2D eigenvalue weighted by molar-refractivity contribution is 5.97.